The quantitative estimate of drug-likeness (QED) is 0.254. The van der Waals surface area contributed by atoms with Crippen molar-refractivity contribution in [2.45, 2.75) is 25.3 Å². The minimum atomic E-state index is -0.155. The van der Waals surface area contributed by atoms with Gasteiger partial charge in [-0.15, -0.1) is 10.2 Å². The van der Waals surface area contributed by atoms with E-state index in [1.54, 1.807) is 7.05 Å². The Labute approximate surface area is 258 Å². The monoisotopic (exact) mass is 593 g/mol. The molecule has 1 fully saturated rings. The fourth-order valence-electron chi connectivity index (χ4n) is 6.35. The molecule has 8 rings (SSSR count). The number of hydrogen-bond donors (Lipinski definition) is 2. The van der Waals surface area contributed by atoms with Gasteiger partial charge in [-0.3, -0.25) is 4.90 Å². The Morgan fingerprint density at radius 1 is 0.756 bits per heavy atom. The van der Waals surface area contributed by atoms with Crippen LogP contribution in [0.3, 0.4) is 0 Å². The van der Waals surface area contributed by atoms with Crippen LogP contribution in [0.1, 0.15) is 29.9 Å². The molecular formula is C35H31N9O. The van der Waals surface area contributed by atoms with Gasteiger partial charge in [-0.1, -0.05) is 60.7 Å². The Morgan fingerprint density at radius 3 is 2.22 bits per heavy atom. The molecular weight excluding hydrogens is 562 g/mol. The van der Waals surface area contributed by atoms with Crippen LogP contribution in [0.15, 0.2) is 95.8 Å². The lowest BCUT2D eigenvalue weighted by atomic mass is 9.89. The van der Waals surface area contributed by atoms with E-state index in [4.69, 9.17) is 9.97 Å². The van der Waals surface area contributed by atoms with Crippen molar-refractivity contribution in [1.29, 1.82) is 0 Å². The number of aryl methyl sites for hydroxylation is 1. The first kappa shape index (κ1) is 27.1. The largest absolute Gasteiger partial charge is 0.323 e. The smallest absolute Gasteiger partial charge is 0.306 e. The number of benzene rings is 4. The standard InChI is InChI=1S/C35H31N9O/c1-43-41-34(40-42-43)27-12-14-28-30(20-27)37-32(24-5-3-2-4-6-24)33(36-28)25-9-7-22(8-10-25)21-44-17-15-23(16-18-44)26-11-13-29-31(19-26)39-35(45)38-29/h2-14,19-20,23H,15-18,21H2,1H3,(H2,38,39,45). The Bertz CT molecular complexity index is 2190. The van der Waals surface area contributed by atoms with Crippen LogP contribution in [0, 0.1) is 0 Å². The summed E-state index contributed by atoms with van der Waals surface area (Å²) in [5.41, 5.74) is 10.3. The fourth-order valence-corrected chi connectivity index (χ4v) is 6.35. The minimum Gasteiger partial charge on any atom is -0.306 e. The minimum absolute atomic E-state index is 0.155. The van der Waals surface area contributed by atoms with Crippen LogP contribution in [0.4, 0.5) is 0 Å². The molecule has 1 aliphatic heterocycles. The van der Waals surface area contributed by atoms with Gasteiger partial charge in [0.15, 0.2) is 0 Å². The average molecular weight is 594 g/mol. The van der Waals surface area contributed by atoms with Gasteiger partial charge in [0.05, 0.1) is 40.5 Å². The lowest BCUT2D eigenvalue weighted by Gasteiger charge is -2.32. The first-order valence-electron chi connectivity index (χ1n) is 15.2. The zero-order chi connectivity index (χ0) is 30.3. The van der Waals surface area contributed by atoms with Gasteiger partial charge in [0.25, 0.3) is 0 Å². The highest BCUT2D eigenvalue weighted by Crippen LogP contribution is 2.33. The number of aromatic nitrogens is 8. The molecule has 10 heteroatoms. The van der Waals surface area contributed by atoms with Crippen molar-refractivity contribution in [3.63, 3.8) is 0 Å². The third-order valence-electron chi connectivity index (χ3n) is 8.71. The van der Waals surface area contributed by atoms with Crippen LogP contribution in [0.2, 0.25) is 0 Å². The number of tetrazole rings is 1. The third-order valence-corrected chi connectivity index (χ3v) is 8.71. The summed E-state index contributed by atoms with van der Waals surface area (Å²) in [4.78, 5) is 31.6. The molecule has 0 aliphatic carbocycles. The molecule has 4 heterocycles. The molecule has 0 unspecified atom stereocenters. The van der Waals surface area contributed by atoms with Crippen molar-refractivity contribution in [2.24, 2.45) is 7.05 Å². The van der Waals surface area contributed by atoms with Crippen molar-refractivity contribution in [3.05, 3.63) is 113 Å². The number of fused-ring (bicyclic) bond motifs is 2. The van der Waals surface area contributed by atoms with Crippen LogP contribution >= 0.6 is 0 Å². The first-order chi connectivity index (χ1) is 22.1. The van der Waals surface area contributed by atoms with Crippen LogP contribution in [-0.2, 0) is 13.6 Å². The molecule has 1 saturated heterocycles. The number of H-pyrrole nitrogens is 2. The Kier molecular flexibility index (Phi) is 6.76. The van der Waals surface area contributed by atoms with E-state index in [0.717, 1.165) is 82.6 Å². The van der Waals surface area contributed by atoms with E-state index in [2.05, 4.69) is 78.8 Å². The number of piperidine rings is 1. The van der Waals surface area contributed by atoms with Gasteiger partial charge >= 0.3 is 5.69 Å². The van der Waals surface area contributed by atoms with E-state index in [-0.39, 0.29) is 5.69 Å². The van der Waals surface area contributed by atoms with Crippen molar-refractivity contribution in [2.75, 3.05) is 13.1 Å². The molecule has 4 aromatic carbocycles. The molecule has 0 amide bonds. The van der Waals surface area contributed by atoms with E-state index in [9.17, 15) is 4.79 Å². The zero-order valence-electron chi connectivity index (χ0n) is 24.8. The molecule has 7 aromatic rings. The SMILES string of the molecule is Cn1nnc(-c2ccc3nc(-c4ccc(CN5CCC(c6ccc7[nH]c(=O)[nH]c7c6)CC5)cc4)c(-c4ccccc4)nc3c2)n1. The van der Waals surface area contributed by atoms with E-state index in [0.29, 0.717) is 11.7 Å². The van der Waals surface area contributed by atoms with Crippen LogP contribution in [0.5, 0.6) is 0 Å². The molecule has 0 radical (unpaired) electrons. The summed E-state index contributed by atoms with van der Waals surface area (Å²) in [6.07, 6.45) is 2.19. The van der Waals surface area contributed by atoms with E-state index in [1.165, 1.54) is 15.9 Å². The second-order valence-corrected chi connectivity index (χ2v) is 11.7. The highest BCUT2D eigenvalue weighted by Gasteiger charge is 2.22. The number of imidazole rings is 1. The maximum atomic E-state index is 11.7. The van der Waals surface area contributed by atoms with Crippen molar-refractivity contribution < 1.29 is 0 Å². The van der Waals surface area contributed by atoms with Gasteiger partial charge < -0.3 is 9.97 Å². The third kappa shape index (κ3) is 5.40. The normalized spacial score (nSPS) is 14.4. The maximum Gasteiger partial charge on any atom is 0.323 e. The number of nitrogens with zero attached hydrogens (tertiary/aromatic N) is 7. The first-order valence-corrected chi connectivity index (χ1v) is 15.2. The topological polar surface area (TPSA) is 121 Å². The van der Waals surface area contributed by atoms with Gasteiger partial charge in [-0.25, -0.2) is 14.8 Å². The van der Waals surface area contributed by atoms with E-state index < -0.39 is 0 Å². The summed E-state index contributed by atoms with van der Waals surface area (Å²) in [7, 11) is 1.75. The predicted octanol–water partition coefficient (Wildman–Crippen LogP) is 5.70. The lowest BCUT2D eigenvalue weighted by molar-refractivity contribution is 0.204. The molecule has 45 heavy (non-hydrogen) atoms. The molecule has 1 aliphatic rings. The molecule has 222 valence electrons. The van der Waals surface area contributed by atoms with Crippen LogP contribution in [-0.4, -0.2) is 58.1 Å². The van der Waals surface area contributed by atoms with Crippen molar-refractivity contribution >= 4 is 22.1 Å². The van der Waals surface area contributed by atoms with Crippen molar-refractivity contribution in [1.82, 2.24) is 45.0 Å². The Hall–Kier alpha value is -5.48. The van der Waals surface area contributed by atoms with Gasteiger partial charge in [0.2, 0.25) is 5.82 Å². The maximum absolute atomic E-state index is 11.7. The number of hydrogen-bond acceptors (Lipinski definition) is 7. The highest BCUT2D eigenvalue weighted by atomic mass is 16.1. The average Bonchev–Trinajstić information content (AvgIpc) is 3.69. The molecule has 0 spiro atoms. The van der Waals surface area contributed by atoms with Gasteiger partial charge in [-0.05, 0) is 78.5 Å². The van der Waals surface area contributed by atoms with Gasteiger partial charge in [0.1, 0.15) is 0 Å². The van der Waals surface area contributed by atoms with Gasteiger partial charge in [0, 0.05) is 23.2 Å². The molecule has 0 atom stereocenters. The second-order valence-electron chi connectivity index (χ2n) is 11.7. The summed E-state index contributed by atoms with van der Waals surface area (Å²) in [5.74, 6) is 1.06. The Balaban J connectivity index is 1.02. The molecule has 3 aromatic heterocycles. The summed E-state index contributed by atoms with van der Waals surface area (Å²) in [5, 5.41) is 12.5. The summed E-state index contributed by atoms with van der Waals surface area (Å²) < 4.78 is 0. The number of nitrogens with one attached hydrogen (secondary N) is 2. The van der Waals surface area contributed by atoms with E-state index in [1.807, 2.05) is 42.5 Å². The summed E-state index contributed by atoms with van der Waals surface area (Å²) >= 11 is 0. The van der Waals surface area contributed by atoms with Crippen LogP contribution in [0.25, 0.3) is 56.0 Å². The number of aromatic amines is 2. The highest BCUT2D eigenvalue weighted by molar-refractivity contribution is 5.88. The predicted molar refractivity (Wildman–Crippen MR) is 174 cm³/mol. The number of likely N-dealkylation sites (tertiary alicyclic amines) is 1. The fraction of sp³-hybridized carbons (Fsp3) is 0.200. The molecule has 0 saturated carbocycles. The number of rotatable bonds is 6. The van der Waals surface area contributed by atoms with E-state index >= 15 is 0 Å². The molecule has 10 nitrogen and oxygen atoms in total. The second kappa shape index (κ2) is 11.2. The molecule has 2 N–H and O–H groups in total. The Morgan fingerprint density at radius 2 is 1.47 bits per heavy atom. The molecule has 0 bridgehead atoms. The zero-order valence-corrected chi connectivity index (χ0v) is 24.8. The lowest BCUT2D eigenvalue weighted by Crippen LogP contribution is -2.32. The van der Waals surface area contributed by atoms with Crippen molar-refractivity contribution in [3.8, 4) is 33.9 Å². The van der Waals surface area contributed by atoms with Gasteiger partial charge in [-0.2, -0.15) is 4.80 Å². The summed E-state index contributed by atoms with van der Waals surface area (Å²) in [6, 6.07) is 31.1. The van der Waals surface area contributed by atoms with Crippen LogP contribution < -0.4 is 5.69 Å². The summed E-state index contributed by atoms with van der Waals surface area (Å²) in [6.45, 7) is 2.98.